The van der Waals surface area contributed by atoms with E-state index in [4.69, 9.17) is 0 Å². The van der Waals surface area contributed by atoms with Crippen molar-refractivity contribution in [3.63, 3.8) is 0 Å². The number of hydrogen-bond donors (Lipinski definition) is 1. The molecule has 1 aliphatic heterocycles. The molecule has 0 saturated carbocycles. The van der Waals surface area contributed by atoms with Crippen molar-refractivity contribution in [1.29, 1.82) is 0 Å². The Balaban J connectivity index is 1.94. The molecule has 4 heteroatoms. The molecule has 0 spiro atoms. The molecule has 1 amide bonds. The first kappa shape index (κ1) is 13.6. The molecule has 18 heavy (non-hydrogen) atoms. The van der Waals surface area contributed by atoms with Crippen LogP contribution in [-0.2, 0) is 11.2 Å². The van der Waals surface area contributed by atoms with E-state index in [-0.39, 0.29) is 5.91 Å². The molecule has 1 saturated heterocycles. The van der Waals surface area contributed by atoms with Crippen molar-refractivity contribution in [2.24, 2.45) is 0 Å². The second-order valence-corrected chi connectivity index (χ2v) is 5.71. The smallest absolute Gasteiger partial charge is 0.226 e. The Hall–Kier alpha value is -0.870. The zero-order chi connectivity index (χ0) is 13.0. The van der Waals surface area contributed by atoms with E-state index in [0.717, 1.165) is 36.0 Å². The summed E-state index contributed by atoms with van der Waals surface area (Å²) in [4.78, 5) is 14.1. The zero-order valence-corrected chi connectivity index (χ0v) is 12.2. The van der Waals surface area contributed by atoms with Crippen LogP contribution in [0.25, 0.3) is 0 Å². The number of piperidine rings is 1. The molecule has 1 aromatic rings. The van der Waals surface area contributed by atoms with E-state index in [0.29, 0.717) is 12.5 Å². The molecule has 0 unspecified atom stereocenters. The Morgan fingerprint density at radius 3 is 2.83 bits per heavy atom. The summed E-state index contributed by atoms with van der Waals surface area (Å²) >= 11 is 3.43. The first-order chi connectivity index (χ1) is 8.66. The number of nitrogens with one attached hydrogen (secondary N) is 1. The van der Waals surface area contributed by atoms with Crippen LogP contribution >= 0.6 is 15.9 Å². The number of halogens is 1. The molecule has 3 nitrogen and oxygen atoms in total. The lowest BCUT2D eigenvalue weighted by Gasteiger charge is -2.31. The predicted molar refractivity (Wildman–Crippen MR) is 76.5 cm³/mol. The average molecular weight is 311 g/mol. The van der Waals surface area contributed by atoms with E-state index < -0.39 is 0 Å². The molecule has 1 aromatic carbocycles. The summed E-state index contributed by atoms with van der Waals surface area (Å²) < 4.78 is 1.03. The van der Waals surface area contributed by atoms with E-state index >= 15 is 0 Å². The minimum absolute atomic E-state index is 0.208. The van der Waals surface area contributed by atoms with Crippen molar-refractivity contribution in [3.8, 4) is 0 Å². The molecule has 0 aliphatic carbocycles. The van der Waals surface area contributed by atoms with Crippen molar-refractivity contribution in [2.45, 2.75) is 25.3 Å². The Kier molecular flexibility index (Phi) is 4.78. The molecule has 1 aliphatic rings. The van der Waals surface area contributed by atoms with Crippen molar-refractivity contribution >= 4 is 21.8 Å². The lowest BCUT2D eigenvalue weighted by molar-refractivity contribution is -0.131. The predicted octanol–water partition coefficient (Wildman–Crippen LogP) is 2.20. The van der Waals surface area contributed by atoms with Crippen LogP contribution in [0.2, 0.25) is 0 Å². The summed E-state index contributed by atoms with van der Waals surface area (Å²) in [5.41, 5.74) is 1.06. The van der Waals surface area contributed by atoms with Gasteiger partial charge in [0, 0.05) is 17.6 Å². The van der Waals surface area contributed by atoms with Crippen LogP contribution in [0.4, 0.5) is 0 Å². The van der Waals surface area contributed by atoms with E-state index in [2.05, 4.69) is 21.2 Å². The maximum atomic E-state index is 12.2. The summed E-state index contributed by atoms with van der Waals surface area (Å²) in [5.74, 6) is 0.208. The number of benzene rings is 1. The van der Waals surface area contributed by atoms with Gasteiger partial charge in [-0.25, -0.2) is 0 Å². The Labute approximate surface area is 117 Å². The van der Waals surface area contributed by atoms with Crippen molar-refractivity contribution in [3.05, 3.63) is 34.3 Å². The Morgan fingerprint density at radius 1 is 1.44 bits per heavy atom. The highest BCUT2D eigenvalue weighted by Gasteiger charge is 2.21. The third-order valence-corrected chi connectivity index (χ3v) is 3.99. The van der Waals surface area contributed by atoms with E-state index in [1.807, 2.05) is 36.2 Å². The second-order valence-electron chi connectivity index (χ2n) is 4.79. The van der Waals surface area contributed by atoms with Crippen molar-refractivity contribution in [2.75, 3.05) is 20.1 Å². The van der Waals surface area contributed by atoms with Gasteiger partial charge in [-0.15, -0.1) is 0 Å². The van der Waals surface area contributed by atoms with Crippen LogP contribution in [0.5, 0.6) is 0 Å². The molecule has 1 fully saturated rings. The van der Waals surface area contributed by atoms with E-state index in [1.54, 1.807) is 0 Å². The number of hydrogen-bond acceptors (Lipinski definition) is 2. The summed E-state index contributed by atoms with van der Waals surface area (Å²) in [5, 5.41) is 3.32. The number of nitrogens with zero attached hydrogens (tertiary/aromatic N) is 1. The standard InChI is InChI=1S/C14H19BrN2O/c1-17(13-5-7-16-8-6-13)14(18)10-11-3-2-4-12(15)9-11/h2-4,9,13,16H,5-8,10H2,1H3. The van der Waals surface area contributed by atoms with Gasteiger partial charge in [-0.2, -0.15) is 0 Å². The number of carbonyl (C=O) groups excluding carboxylic acids is 1. The molecule has 0 aromatic heterocycles. The zero-order valence-electron chi connectivity index (χ0n) is 10.7. The average Bonchev–Trinajstić information content (AvgIpc) is 2.39. The topological polar surface area (TPSA) is 32.3 Å². The van der Waals surface area contributed by atoms with Crippen LogP contribution in [-0.4, -0.2) is 37.0 Å². The Bertz CT molecular complexity index is 416. The number of likely N-dealkylation sites (N-methyl/N-ethyl adjacent to an activating group) is 1. The SMILES string of the molecule is CN(C(=O)Cc1cccc(Br)c1)C1CCNCC1. The first-order valence-corrected chi connectivity index (χ1v) is 7.17. The second kappa shape index (κ2) is 6.34. The van der Waals surface area contributed by atoms with Crippen LogP contribution in [0.3, 0.4) is 0 Å². The van der Waals surface area contributed by atoms with Crippen molar-refractivity contribution < 1.29 is 4.79 Å². The fraction of sp³-hybridized carbons (Fsp3) is 0.500. The molecular weight excluding hydrogens is 292 g/mol. The van der Waals surface area contributed by atoms with Crippen LogP contribution in [0.15, 0.2) is 28.7 Å². The molecule has 0 radical (unpaired) electrons. The molecule has 1 heterocycles. The third kappa shape index (κ3) is 3.56. The van der Waals surface area contributed by atoms with Gasteiger partial charge >= 0.3 is 0 Å². The van der Waals surface area contributed by atoms with E-state index in [1.165, 1.54) is 0 Å². The minimum atomic E-state index is 0.208. The third-order valence-electron chi connectivity index (χ3n) is 3.49. The van der Waals surface area contributed by atoms with Gasteiger partial charge in [0.2, 0.25) is 5.91 Å². The van der Waals surface area contributed by atoms with Gasteiger partial charge in [0.05, 0.1) is 6.42 Å². The molecule has 0 atom stereocenters. The van der Waals surface area contributed by atoms with Crippen LogP contribution < -0.4 is 5.32 Å². The maximum Gasteiger partial charge on any atom is 0.226 e. The van der Waals surface area contributed by atoms with Gasteiger partial charge in [-0.05, 0) is 43.6 Å². The first-order valence-electron chi connectivity index (χ1n) is 6.37. The highest BCUT2D eigenvalue weighted by Crippen LogP contribution is 2.15. The number of amides is 1. The molecule has 0 bridgehead atoms. The van der Waals surface area contributed by atoms with Gasteiger partial charge < -0.3 is 10.2 Å². The van der Waals surface area contributed by atoms with Gasteiger partial charge in [0.1, 0.15) is 0 Å². The fourth-order valence-corrected chi connectivity index (χ4v) is 2.79. The van der Waals surface area contributed by atoms with Crippen LogP contribution in [0, 0.1) is 0 Å². The number of carbonyl (C=O) groups is 1. The van der Waals surface area contributed by atoms with Crippen molar-refractivity contribution in [1.82, 2.24) is 10.2 Å². The largest absolute Gasteiger partial charge is 0.342 e. The highest BCUT2D eigenvalue weighted by molar-refractivity contribution is 9.10. The highest BCUT2D eigenvalue weighted by atomic mass is 79.9. The lowest BCUT2D eigenvalue weighted by Crippen LogP contribution is -2.44. The molecule has 98 valence electrons. The minimum Gasteiger partial charge on any atom is -0.342 e. The summed E-state index contributed by atoms with van der Waals surface area (Å²) in [6, 6.07) is 8.35. The monoisotopic (exact) mass is 310 g/mol. The quantitative estimate of drug-likeness (QED) is 0.928. The maximum absolute atomic E-state index is 12.2. The van der Waals surface area contributed by atoms with E-state index in [9.17, 15) is 4.79 Å². The fourth-order valence-electron chi connectivity index (χ4n) is 2.34. The van der Waals surface area contributed by atoms with Gasteiger partial charge in [-0.1, -0.05) is 28.1 Å². The molecule has 2 rings (SSSR count). The summed E-state index contributed by atoms with van der Waals surface area (Å²) in [7, 11) is 1.93. The molecular formula is C14H19BrN2O. The Morgan fingerprint density at radius 2 is 2.17 bits per heavy atom. The normalized spacial score (nSPS) is 16.6. The van der Waals surface area contributed by atoms with Gasteiger partial charge in [-0.3, -0.25) is 4.79 Å². The van der Waals surface area contributed by atoms with Gasteiger partial charge in [0.15, 0.2) is 0 Å². The lowest BCUT2D eigenvalue weighted by atomic mass is 10.0. The summed E-state index contributed by atoms with van der Waals surface area (Å²) in [6.45, 7) is 2.03. The number of rotatable bonds is 3. The van der Waals surface area contributed by atoms with Crippen LogP contribution in [0.1, 0.15) is 18.4 Å². The molecule has 1 N–H and O–H groups in total. The van der Waals surface area contributed by atoms with Gasteiger partial charge in [0.25, 0.3) is 0 Å². The summed E-state index contributed by atoms with van der Waals surface area (Å²) in [6.07, 6.45) is 2.60.